The largest absolute Gasteiger partial charge is 0.467 e. The third kappa shape index (κ3) is 4.73. The molecule has 0 atom stereocenters. The molecular formula is C30H22FN3O2S. The molecule has 5 aromatic rings. The number of hydrogen-bond donors (Lipinski definition) is 0. The molecule has 0 spiro atoms. The fourth-order valence-corrected chi connectivity index (χ4v) is 5.36. The lowest BCUT2D eigenvalue weighted by molar-refractivity contribution is -0.122. The summed E-state index contributed by atoms with van der Waals surface area (Å²) in [7, 11) is 0. The zero-order valence-electron chi connectivity index (χ0n) is 19.8. The summed E-state index contributed by atoms with van der Waals surface area (Å²) in [6, 6.07) is 28.0. The van der Waals surface area contributed by atoms with Gasteiger partial charge in [0.2, 0.25) is 0 Å². The lowest BCUT2D eigenvalue weighted by atomic mass is 10.1. The Bertz CT molecular complexity index is 1640. The lowest BCUT2D eigenvalue weighted by Gasteiger charge is -2.13. The monoisotopic (exact) mass is 507 g/mol. The maximum atomic E-state index is 14.4. The van der Waals surface area contributed by atoms with Gasteiger partial charge in [-0.3, -0.25) is 9.69 Å². The second-order valence-electron chi connectivity index (χ2n) is 8.63. The molecule has 0 aliphatic carbocycles. The van der Waals surface area contributed by atoms with Gasteiger partial charge >= 0.3 is 0 Å². The smallest absolute Gasteiger partial charge is 0.267 e. The third-order valence-electron chi connectivity index (χ3n) is 6.17. The van der Waals surface area contributed by atoms with Gasteiger partial charge in [-0.15, -0.1) is 0 Å². The highest BCUT2D eigenvalue weighted by Gasteiger charge is 2.34. The van der Waals surface area contributed by atoms with Crippen molar-refractivity contribution in [2.24, 2.45) is 4.99 Å². The number of rotatable bonds is 6. The summed E-state index contributed by atoms with van der Waals surface area (Å²) in [5.41, 5.74) is 3.24. The molecule has 3 heterocycles. The Morgan fingerprint density at radius 1 is 0.892 bits per heavy atom. The van der Waals surface area contributed by atoms with Crippen molar-refractivity contribution < 1.29 is 13.6 Å². The van der Waals surface area contributed by atoms with Crippen molar-refractivity contribution in [2.45, 2.75) is 13.1 Å². The lowest BCUT2D eigenvalue weighted by Crippen LogP contribution is -2.28. The SMILES string of the molecule is O=C1/C(=C\c2cn(Cc3ccccc3F)c3ccccc23)SC(=Nc2ccccc2)N1Cc1ccco1. The first-order chi connectivity index (χ1) is 18.2. The number of hydrogen-bond acceptors (Lipinski definition) is 4. The topological polar surface area (TPSA) is 50.7 Å². The second kappa shape index (κ2) is 9.95. The first kappa shape index (κ1) is 23.1. The van der Waals surface area contributed by atoms with E-state index in [-0.39, 0.29) is 18.3 Å². The van der Waals surface area contributed by atoms with E-state index in [0.717, 1.165) is 22.2 Å². The third-order valence-corrected chi connectivity index (χ3v) is 7.17. The zero-order valence-corrected chi connectivity index (χ0v) is 20.6. The highest BCUT2D eigenvalue weighted by Crippen LogP contribution is 2.36. The van der Waals surface area contributed by atoms with E-state index in [1.807, 2.05) is 83.6 Å². The highest BCUT2D eigenvalue weighted by atomic mass is 32.2. The predicted octanol–water partition coefficient (Wildman–Crippen LogP) is 7.23. The van der Waals surface area contributed by atoms with Gasteiger partial charge < -0.3 is 8.98 Å². The van der Waals surface area contributed by atoms with Crippen LogP contribution in [0, 0.1) is 5.82 Å². The molecule has 1 aliphatic rings. The predicted molar refractivity (Wildman–Crippen MR) is 146 cm³/mol. The average molecular weight is 508 g/mol. The first-order valence-electron chi connectivity index (χ1n) is 11.8. The molecular weight excluding hydrogens is 485 g/mol. The molecule has 37 heavy (non-hydrogen) atoms. The number of carbonyl (C=O) groups excluding carboxylic acids is 1. The zero-order chi connectivity index (χ0) is 25.2. The van der Waals surface area contributed by atoms with Gasteiger partial charge in [0, 0.05) is 28.2 Å². The van der Waals surface area contributed by atoms with Gasteiger partial charge in [-0.25, -0.2) is 9.38 Å². The van der Waals surface area contributed by atoms with Crippen molar-refractivity contribution in [2.75, 3.05) is 0 Å². The number of carbonyl (C=O) groups is 1. The van der Waals surface area contributed by atoms with Crippen LogP contribution in [-0.4, -0.2) is 20.5 Å². The fourth-order valence-electron chi connectivity index (χ4n) is 4.37. The molecule has 0 radical (unpaired) electrons. The molecule has 1 saturated heterocycles. The highest BCUT2D eigenvalue weighted by molar-refractivity contribution is 8.18. The van der Waals surface area contributed by atoms with Crippen molar-refractivity contribution in [3.05, 3.63) is 131 Å². The van der Waals surface area contributed by atoms with Crippen LogP contribution in [0.4, 0.5) is 10.1 Å². The standard InChI is InChI=1S/C30H22FN3O2S/c31-26-14-6-4-9-21(26)18-33-19-22(25-13-5-7-15-27(25)33)17-28-29(35)34(20-24-12-8-16-36-24)30(37-28)32-23-10-2-1-3-11-23/h1-17,19H,18,20H2/b28-17+,32-30?. The number of thioether (sulfide) groups is 1. The van der Waals surface area contributed by atoms with Crippen LogP contribution < -0.4 is 0 Å². The molecule has 1 amide bonds. The average Bonchev–Trinajstić information content (AvgIpc) is 3.63. The van der Waals surface area contributed by atoms with Gasteiger partial charge in [0.15, 0.2) is 5.17 Å². The van der Waals surface area contributed by atoms with Crippen molar-refractivity contribution in [3.8, 4) is 0 Å². The Kier molecular flexibility index (Phi) is 6.20. The number of halogens is 1. The van der Waals surface area contributed by atoms with E-state index in [9.17, 15) is 9.18 Å². The molecule has 0 saturated carbocycles. The van der Waals surface area contributed by atoms with Crippen LogP contribution in [0.1, 0.15) is 16.9 Å². The van der Waals surface area contributed by atoms with E-state index in [1.54, 1.807) is 29.4 Å². The summed E-state index contributed by atoms with van der Waals surface area (Å²) >= 11 is 1.34. The summed E-state index contributed by atoms with van der Waals surface area (Å²) in [5.74, 6) is 0.302. The number of amides is 1. The van der Waals surface area contributed by atoms with Crippen molar-refractivity contribution in [1.82, 2.24) is 9.47 Å². The van der Waals surface area contributed by atoms with E-state index >= 15 is 0 Å². The van der Waals surface area contributed by atoms with Crippen LogP contribution >= 0.6 is 11.8 Å². The number of aromatic nitrogens is 1. The molecule has 5 nitrogen and oxygen atoms in total. The molecule has 3 aromatic carbocycles. The van der Waals surface area contributed by atoms with Gasteiger partial charge in [0.25, 0.3) is 5.91 Å². The molecule has 0 unspecified atom stereocenters. The maximum absolute atomic E-state index is 14.4. The Labute approximate surface area is 217 Å². The van der Waals surface area contributed by atoms with Crippen LogP contribution in [0.3, 0.4) is 0 Å². The first-order valence-corrected chi connectivity index (χ1v) is 12.7. The van der Waals surface area contributed by atoms with E-state index in [1.165, 1.54) is 17.8 Å². The number of aliphatic imine (C=N–C) groups is 1. The Morgan fingerprint density at radius 2 is 1.68 bits per heavy atom. The van der Waals surface area contributed by atoms with E-state index in [4.69, 9.17) is 9.41 Å². The summed E-state index contributed by atoms with van der Waals surface area (Å²) in [6.07, 6.45) is 5.47. The van der Waals surface area contributed by atoms with Crippen LogP contribution in [0.2, 0.25) is 0 Å². The molecule has 0 N–H and O–H groups in total. The molecule has 0 bridgehead atoms. The molecule has 7 heteroatoms. The van der Waals surface area contributed by atoms with Crippen molar-refractivity contribution in [3.63, 3.8) is 0 Å². The van der Waals surface area contributed by atoms with Crippen molar-refractivity contribution in [1.29, 1.82) is 0 Å². The van der Waals surface area contributed by atoms with Gasteiger partial charge in [0.05, 0.1) is 29.9 Å². The number of para-hydroxylation sites is 2. The van der Waals surface area contributed by atoms with E-state index < -0.39 is 0 Å². The minimum absolute atomic E-state index is 0.137. The summed E-state index contributed by atoms with van der Waals surface area (Å²) in [4.78, 5) is 20.5. The quantitative estimate of drug-likeness (QED) is 0.228. The minimum atomic E-state index is -0.239. The van der Waals surface area contributed by atoms with Crippen LogP contribution in [-0.2, 0) is 17.9 Å². The minimum Gasteiger partial charge on any atom is -0.467 e. The summed E-state index contributed by atoms with van der Waals surface area (Å²) in [6.45, 7) is 0.680. The summed E-state index contributed by atoms with van der Waals surface area (Å²) < 4.78 is 21.9. The van der Waals surface area contributed by atoms with Gasteiger partial charge in [-0.1, -0.05) is 54.6 Å². The van der Waals surface area contributed by atoms with Gasteiger partial charge in [0.1, 0.15) is 11.6 Å². The number of nitrogens with zero attached hydrogens (tertiary/aromatic N) is 3. The Morgan fingerprint density at radius 3 is 2.49 bits per heavy atom. The van der Waals surface area contributed by atoms with Gasteiger partial charge in [-0.05, 0) is 54.2 Å². The molecule has 1 aliphatic heterocycles. The second-order valence-corrected chi connectivity index (χ2v) is 9.64. The number of furan rings is 1. The van der Waals surface area contributed by atoms with E-state index in [2.05, 4.69) is 0 Å². The number of fused-ring (bicyclic) bond motifs is 1. The Balaban J connectivity index is 1.39. The number of amidine groups is 1. The van der Waals surface area contributed by atoms with Crippen LogP contribution in [0.25, 0.3) is 17.0 Å². The molecule has 6 rings (SSSR count). The van der Waals surface area contributed by atoms with E-state index in [0.29, 0.717) is 27.9 Å². The Hall–Kier alpha value is -4.36. The van der Waals surface area contributed by atoms with Crippen LogP contribution in [0.15, 0.2) is 118 Å². The van der Waals surface area contributed by atoms with Crippen LogP contribution in [0.5, 0.6) is 0 Å². The van der Waals surface area contributed by atoms with Crippen molar-refractivity contribution >= 4 is 45.5 Å². The van der Waals surface area contributed by atoms with Gasteiger partial charge in [-0.2, -0.15) is 0 Å². The fraction of sp³-hybridized carbons (Fsp3) is 0.0667. The number of benzene rings is 3. The molecule has 2 aromatic heterocycles. The molecule has 1 fully saturated rings. The maximum Gasteiger partial charge on any atom is 0.267 e. The normalized spacial score (nSPS) is 15.9. The summed E-state index contributed by atoms with van der Waals surface area (Å²) in [5, 5.41) is 1.58. The molecule has 182 valence electrons.